The number of amides is 2. The molecule has 28 heavy (non-hydrogen) atoms. The van der Waals surface area contributed by atoms with Gasteiger partial charge in [-0.15, -0.1) is 11.8 Å². The van der Waals surface area contributed by atoms with Crippen molar-refractivity contribution in [2.45, 2.75) is 36.8 Å². The van der Waals surface area contributed by atoms with Gasteiger partial charge >= 0.3 is 5.97 Å². The number of carboxylic acid groups (broad SMARTS) is 1. The molecule has 148 valence electrons. The summed E-state index contributed by atoms with van der Waals surface area (Å²) in [6.07, 6.45) is 1.25. The molecule has 0 aliphatic rings. The summed E-state index contributed by atoms with van der Waals surface area (Å²) in [5.74, 6) is -1.97. The number of carbonyl (C=O) groups excluding carboxylic acids is 2. The number of nitrogens with one attached hydrogen (secondary N) is 2. The zero-order valence-electron chi connectivity index (χ0n) is 15.6. The minimum Gasteiger partial charge on any atom is -0.507 e. The third-order valence-electron chi connectivity index (χ3n) is 3.79. The lowest BCUT2D eigenvalue weighted by Crippen LogP contribution is -2.22. The van der Waals surface area contributed by atoms with E-state index >= 15 is 0 Å². The van der Waals surface area contributed by atoms with E-state index in [4.69, 9.17) is 5.11 Å². The Hall–Kier alpha value is -3.00. The number of hydrogen-bond donors (Lipinski definition) is 4. The van der Waals surface area contributed by atoms with E-state index in [1.807, 2.05) is 19.1 Å². The second-order valence-corrected chi connectivity index (χ2v) is 7.52. The molecule has 7 nitrogen and oxygen atoms in total. The van der Waals surface area contributed by atoms with Crippen LogP contribution in [0.3, 0.4) is 0 Å². The van der Waals surface area contributed by atoms with Crippen LogP contribution < -0.4 is 10.6 Å². The van der Waals surface area contributed by atoms with Crippen LogP contribution in [0, 0.1) is 0 Å². The zero-order chi connectivity index (χ0) is 20.7. The number of anilines is 2. The average molecular weight is 402 g/mol. The van der Waals surface area contributed by atoms with Gasteiger partial charge < -0.3 is 20.8 Å². The predicted octanol–water partition coefficient (Wildman–Crippen LogP) is 3.95. The maximum atomic E-state index is 12.4. The Balaban J connectivity index is 1.96. The first-order valence-corrected chi connectivity index (χ1v) is 9.62. The van der Waals surface area contributed by atoms with Gasteiger partial charge in [-0.3, -0.25) is 9.59 Å². The monoisotopic (exact) mass is 402 g/mol. The van der Waals surface area contributed by atoms with Gasteiger partial charge in [-0.1, -0.05) is 6.92 Å². The largest absolute Gasteiger partial charge is 0.507 e. The Kier molecular flexibility index (Phi) is 7.45. The fourth-order valence-corrected chi connectivity index (χ4v) is 3.22. The topological polar surface area (TPSA) is 116 Å². The van der Waals surface area contributed by atoms with Crippen molar-refractivity contribution in [1.82, 2.24) is 0 Å². The molecule has 0 spiro atoms. The van der Waals surface area contributed by atoms with Gasteiger partial charge in [0.25, 0.3) is 0 Å². The first kappa shape index (κ1) is 21.3. The Morgan fingerprint density at radius 1 is 1.04 bits per heavy atom. The third kappa shape index (κ3) is 6.02. The normalized spacial score (nSPS) is 11.5. The molecule has 1 atom stereocenters. The predicted molar refractivity (Wildman–Crippen MR) is 109 cm³/mol. The molecule has 0 aliphatic heterocycles. The molecule has 0 heterocycles. The maximum Gasteiger partial charge on any atom is 0.339 e. The molecule has 2 amide bonds. The molecular weight excluding hydrogens is 380 g/mol. The minimum absolute atomic E-state index is 0.0368. The fourth-order valence-electron chi connectivity index (χ4n) is 2.35. The zero-order valence-corrected chi connectivity index (χ0v) is 16.4. The first-order chi connectivity index (χ1) is 13.3. The van der Waals surface area contributed by atoms with E-state index in [-0.39, 0.29) is 23.1 Å². The van der Waals surface area contributed by atoms with Gasteiger partial charge in [-0.05, 0) is 55.8 Å². The van der Waals surface area contributed by atoms with Crippen molar-refractivity contribution < 1.29 is 24.6 Å². The van der Waals surface area contributed by atoms with E-state index < -0.39 is 11.2 Å². The number of phenols is 1. The van der Waals surface area contributed by atoms with Gasteiger partial charge in [0.2, 0.25) is 11.8 Å². The highest BCUT2D eigenvalue weighted by Crippen LogP contribution is 2.27. The molecule has 0 bridgehead atoms. The molecule has 0 saturated carbocycles. The van der Waals surface area contributed by atoms with E-state index in [0.717, 1.165) is 11.3 Å². The lowest BCUT2D eigenvalue weighted by molar-refractivity contribution is -0.116. The van der Waals surface area contributed by atoms with Gasteiger partial charge in [0.15, 0.2) is 0 Å². The van der Waals surface area contributed by atoms with Crippen molar-refractivity contribution in [3.63, 3.8) is 0 Å². The maximum absolute atomic E-state index is 12.4. The van der Waals surface area contributed by atoms with Crippen LogP contribution in [0.25, 0.3) is 0 Å². The summed E-state index contributed by atoms with van der Waals surface area (Å²) in [4.78, 5) is 35.9. The number of benzene rings is 2. The van der Waals surface area contributed by atoms with E-state index in [1.165, 1.54) is 30.0 Å². The third-order valence-corrected chi connectivity index (χ3v) is 4.90. The Bertz CT molecular complexity index is 867. The first-order valence-electron chi connectivity index (χ1n) is 8.74. The van der Waals surface area contributed by atoms with E-state index in [1.54, 1.807) is 19.1 Å². The molecule has 0 saturated heterocycles. The number of hydrogen-bond acceptors (Lipinski definition) is 5. The second kappa shape index (κ2) is 9.80. The Morgan fingerprint density at radius 2 is 1.68 bits per heavy atom. The van der Waals surface area contributed by atoms with Crippen molar-refractivity contribution in [2.24, 2.45) is 0 Å². The summed E-state index contributed by atoms with van der Waals surface area (Å²) in [5.41, 5.74) is 0.714. The number of aromatic carboxylic acids is 1. The number of carbonyl (C=O) groups is 3. The molecule has 4 N–H and O–H groups in total. The van der Waals surface area contributed by atoms with E-state index in [2.05, 4.69) is 10.6 Å². The molecule has 2 rings (SSSR count). The number of rotatable bonds is 8. The Labute approximate surface area is 167 Å². The van der Waals surface area contributed by atoms with Crippen LogP contribution in [0.5, 0.6) is 5.75 Å². The summed E-state index contributed by atoms with van der Waals surface area (Å²) in [6, 6.07) is 11.1. The van der Waals surface area contributed by atoms with Gasteiger partial charge in [0, 0.05) is 22.7 Å². The minimum atomic E-state index is -1.28. The summed E-state index contributed by atoms with van der Waals surface area (Å²) < 4.78 is 0. The van der Waals surface area contributed by atoms with E-state index in [9.17, 15) is 19.5 Å². The number of thioether (sulfide) groups is 1. The summed E-state index contributed by atoms with van der Waals surface area (Å²) in [5, 5.41) is 23.6. The van der Waals surface area contributed by atoms with Crippen molar-refractivity contribution in [3.05, 3.63) is 48.0 Å². The van der Waals surface area contributed by atoms with Crippen LogP contribution in [0.4, 0.5) is 11.4 Å². The molecule has 0 aliphatic carbocycles. The van der Waals surface area contributed by atoms with Crippen LogP contribution >= 0.6 is 11.8 Å². The molecule has 2 aromatic carbocycles. The van der Waals surface area contributed by atoms with Gasteiger partial charge in [0.05, 0.1) is 5.25 Å². The lowest BCUT2D eigenvalue weighted by Gasteiger charge is -2.13. The van der Waals surface area contributed by atoms with Crippen molar-refractivity contribution >= 4 is 40.9 Å². The van der Waals surface area contributed by atoms with Crippen LogP contribution in [-0.4, -0.2) is 33.2 Å². The highest BCUT2D eigenvalue weighted by Gasteiger charge is 2.17. The van der Waals surface area contributed by atoms with Crippen LogP contribution in [0.2, 0.25) is 0 Å². The van der Waals surface area contributed by atoms with Crippen LogP contribution in [0.15, 0.2) is 47.4 Å². The van der Waals surface area contributed by atoms with Crippen molar-refractivity contribution in [3.8, 4) is 5.75 Å². The molecule has 8 heteroatoms. The van der Waals surface area contributed by atoms with Crippen LogP contribution in [0.1, 0.15) is 37.0 Å². The van der Waals surface area contributed by atoms with E-state index in [0.29, 0.717) is 17.8 Å². The summed E-state index contributed by atoms with van der Waals surface area (Å²) in [6.45, 7) is 3.67. The van der Waals surface area contributed by atoms with Gasteiger partial charge in [0.1, 0.15) is 11.3 Å². The SMILES string of the molecule is CCCC(=O)Nc1ccc(SC(C)C(=O)Nc2ccc(O)c(C(=O)O)c2)cc1. The quantitative estimate of drug-likeness (QED) is 0.392. The fraction of sp³-hybridized carbons (Fsp3) is 0.250. The van der Waals surface area contributed by atoms with Crippen molar-refractivity contribution in [1.29, 1.82) is 0 Å². The molecule has 1 unspecified atom stereocenters. The molecule has 0 aromatic heterocycles. The molecule has 2 aromatic rings. The molecule has 0 radical (unpaired) electrons. The standard InChI is InChI=1S/C20H22N2O5S/c1-3-4-18(24)21-13-5-8-15(9-6-13)28-12(2)19(25)22-14-7-10-17(23)16(11-14)20(26)27/h5-12,23H,3-4H2,1-2H3,(H,21,24)(H,22,25)(H,26,27). The smallest absolute Gasteiger partial charge is 0.339 e. The van der Waals surface area contributed by atoms with Crippen LogP contribution in [-0.2, 0) is 9.59 Å². The Morgan fingerprint density at radius 3 is 2.29 bits per heavy atom. The highest BCUT2D eigenvalue weighted by atomic mass is 32.2. The summed E-state index contributed by atoms with van der Waals surface area (Å²) >= 11 is 1.33. The van der Waals surface area contributed by atoms with Gasteiger partial charge in [-0.2, -0.15) is 0 Å². The van der Waals surface area contributed by atoms with Gasteiger partial charge in [-0.25, -0.2) is 4.79 Å². The number of carboxylic acids is 1. The van der Waals surface area contributed by atoms with Crippen molar-refractivity contribution in [2.75, 3.05) is 10.6 Å². The second-order valence-electron chi connectivity index (χ2n) is 6.11. The molecular formula is C20H22N2O5S. The molecule has 0 fully saturated rings. The lowest BCUT2D eigenvalue weighted by atomic mass is 10.2. The summed E-state index contributed by atoms with van der Waals surface area (Å²) in [7, 11) is 0. The average Bonchev–Trinajstić information content (AvgIpc) is 2.64. The highest BCUT2D eigenvalue weighted by molar-refractivity contribution is 8.00. The number of aromatic hydroxyl groups is 1.